The maximum absolute atomic E-state index is 10.5. The van der Waals surface area contributed by atoms with Crippen LogP contribution in [0.5, 0.6) is 0 Å². The van der Waals surface area contributed by atoms with Gasteiger partial charge in [-0.3, -0.25) is 31.5 Å². The number of nitrogens with zero attached hydrogens (tertiary/aromatic N) is 2. The van der Waals surface area contributed by atoms with E-state index in [0.717, 1.165) is 12.1 Å². The fourth-order valence-electron chi connectivity index (χ4n) is 1.03. The lowest BCUT2D eigenvalue weighted by Gasteiger charge is -2.04. The van der Waals surface area contributed by atoms with Gasteiger partial charge in [0.25, 0.3) is 0 Å². The van der Waals surface area contributed by atoms with Crippen molar-refractivity contribution in [1.29, 1.82) is 0 Å². The van der Waals surface area contributed by atoms with Crippen LogP contribution in [-0.4, -0.2) is 9.85 Å². The number of benzene rings is 1. The lowest BCUT2D eigenvalue weighted by molar-refractivity contribution is -0.392. The summed E-state index contributed by atoms with van der Waals surface area (Å²) < 4.78 is 0. The number of nitrogens with two attached hydrogens (primary N) is 1. The van der Waals surface area contributed by atoms with Gasteiger partial charge in [0.15, 0.2) is 0 Å². The minimum absolute atomic E-state index is 0.282. The molecule has 0 heterocycles. The summed E-state index contributed by atoms with van der Waals surface area (Å²) >= 11 is 0. The van der Waals surface area contributed by atoms with Gasteiger partial charge in [0.2, 0.25) is 5.69 Å². The molecule has 0 amide bonds. The Labute approximate surface area is 83.1 Å². The van der Waals surface area contributed by atoms with Crippen molar-refractivity contribution in [3.8, 4) is 0 Å². The number of nitro groups is 2. The van der Waals surface area contributed by atoms with E-state index < -0.39 is 21.2 Å². The molecule has 0 aliphatic heterocycles. The number of nitrogens with one attached hydrogen (secondary N) is 2. The zero-order chi connectivity index (χ0) is 11.4. The average molecular weight is 213 g/mol. The molecule has 0 unspecified atom stereocenters. The van der Waals surface area contributed by atoms with Gasteiger partial charge in [-0.25, -0.2) is 0 Å². The summed E-state index contributed by atoms with van der Waals surface area (Å²) in [5.74, 6) is 4.89. The smallest absolute Gasteiger partial charge is 0.296 e. The van der Waals surface area contributed by atoms with Crippen molar-refractivity contribution in [2.45, 2.75) is 0 Å². The molecule has 4 N–H and O–H groups in total. The van der Waals surface area contributed by atoms with Crippen molar-refractivity contribution >= 4 is 17.1 Å². The second-order valence-electron chi connectivity index (χ2n) is 2.45. The Morgan fingerprint density at radius 2 is 1.60 bits per heavy atom. The number of nitro benzene ring substituents is 2. The molecule has 0 bridgehead atoms. The number of anilines is 1. The zero-order valence-electron chi connectivity index (χ0n) is 7.34. The molecule has 0 fully saturated rings. The second kappa shape index (κ2) is 4.30. The molecule has 0 saturated carbocycles. The third kappa shape index (κ3) is 2.15. The number of para-hydroxylation sites is 1. The van der Waals surface area contributed by atoms with Crippen LogP contribution in [-0.2, 0) is 0 Å². The van der Waals surface area contributed by atoms with Crippen LogP contribution in [0.2, 0.25) is 0 Å². The molecule has 1 aromatic carbocycles. The molecule has 0 saturated heterocycles. The molecule has 9 nitrogen and oxygen atoms in total. The lowest BCUT2D eigenvalue weighted by atomic mass is 10.2. The Bertz CT molecular complexity index is 374. The van der Waals surface area contributed by atoms with E-state index in [-0.39, 0.29) is 5.69 Å². The summed E-state index contributed by atoms with van der Waals surface area (Å²) in [6.45, 7) is 0. The largest absolute Gasteiger partial charge is 0.300 e. The summed E-state index contributed by atoms with van der Waals surface area (Å²) in [5.41, 5.74) is 2.93. The molecule has 0 aliphatic rings. The summed E-state index contributed by atoms with van der Waals surface area (Å²) in [4.78, 5) is 19.6. The number of hydrogen-bond donors (Lipinski definition) is 3. The van der Waals surface area contributed by atoms with E-state index in [1.54, 1.807) is 0 Å². The molecule has 9 heteroatoms. The van der Waals surface area contributed by atoms with Crippen LogP contribution in [0.1, 0.15) is 0 Å². The first-order valence-electron chi connectivity index (χ1n) is 3.71. The molecular weight excluding hydrogens is 206 g/mol. The van der Waals surface area contributed by atoms with E-state index in [1.165, 1.54) is 6.07 Å². The van der Waals surface area contributed by atoms with Crippen LogP contribution in [0.15, 0.2) is 18.2 Å². The quantitative estimate of drug-likeness (QED) is 0.371. The highest BCUT2D eigenvalue weighted by molar-refractivity contribution is 5.72. The van der Waals surface area contributed by atoms with Crippen molar-refractivity contribution < 1.29 is 9.85 Å². The van der Waals surface area contributed by atoms with Crippen LogP contribution >= 0.6 is 0 Å². The van der Waals surface area contributed by atoms with Gasteiger partial charge in [0.05, 0.1) is 9.85 Å². The molecule has 80 valence electrons. The van der Waals surface area contributed by atoms with Gasteiger partial charge >= 0.3 is 11.4 Å². The topological polar surface area (TPSA) is 136 Å². The van der Waals surface area contributed by atoms with Crippen molar-refractivity contribution in [3.05, 3.63) is 38.4 Å². The van der Waals surface area contributed by atoms with E-state index in [9.17, 15) is 20.2 Å². The first-order valence-corrected chi connectivity index (χ1v) is 3.71. The first-order chi connectivity index (χ1) is 7.07. The van der Waals surface area contributed by atoms with Crippen LogP contribution in [0, 0.1) is 20.2 Å². The van der Waals surface area contributed by atoms with E-state index in [2.05, 4.69) is 5.43 Å². The number of hydrogen-bond acceptors (Lipinski definition) is 7. The van der Waals surface area contributed by atoms with Gasteiger partial charge in [0, 0.05) is 12.1 Å². The standard InChI is InChI=1S/C6H7N5O4/c7-9-8-6-4(10(12)13)2-1-3-5(6)11(14)15/h1-3,8-9H,7H2. The van der Waals surface area contributed by atoms with E-state index in [4.69, 9.17) is 5.84 Å². The van der Waals surface area contributed by atoms with Crippen molar-refractivity contribution in [1.82, 2.24) is 5.53 Å². The third-order valence-electron chi connectivity index (χ3n) is 1.61. The van der Waals surface area contributed by atoms with Gasteiger partial charge in [-0.15, -0.1) is 0 Å². The predicted molar refractivity (Wildman–Crippen MR) is 50.7 cm³/mol. The van der Waals surface area contributed by atoms with Gasteiger partial charge < -0.3 is 0 Å². The van der Waals surface area contributed by atoms with Crippen LogP contribution < -0.4 is 16.8 Å². The van der Waals surface area contributed by atoms with Gasteiger partial charge in [-0.05, 0) is 6.07 Å². The fourth-order valence-corrected chi connectivity index (χ4v) is 1.03. The minimum atomic E-state index is -0.743. The van der Waals surface area contributed by atoms with Crippen molar-refractivity contribution in [2.75, 3.05) is 5.43 Å². The molecular formula is C6H7N5O4. The first kappa shape index (κ1) is 10.8. The highest BCUT2D eigenvalue weighted by atomic mass is 16.6. The van der Waals surface area contributed by atoms with E-state index >= 15 is 0 Å². The molecule has 0 atom stereocenters. The average Bonchev–Trinajstić information content (AvgIpc) is 2.17. The maximum Gasteiger partial charge on any atom is 0.300 e. The molecule has 0 aromatic heterocycles. The molecule has 1 rings (SSSR count). The van der Waals surface area contributed by atoms with Crippen molar-refractivity contribution in [2.24, 2.45) is 5.84 Å². The minimum Gasteiger partial charge on any atom is -0.296 e. The summed E-state index contributed by atoms with van der Waals surface area (Å²) in [7, 11) is 0. The summed E-state index contributed by atoms with van der Waals surface area (Å²) in [5, 5.41) is 21.1. The summed E-state index contributed by atoms with van der Waals surface area (Å²) in [6.07, 6.45) is 0. The zero-order valence-corrected chi connectivity index (χ0v) is 7.34. The predicted octanol–water partition coefficient (Wildman–Crippen LogP) is 0.293. The SMILES string of the molecule is NNNc1c([N+](=O)[O-])cccc1[N+](=O)[O-]. The van der Waals surface area contributed by atoms with E-state index in [0.29, 0.717) is 0 Å². The summed E-state index contributed by atoms with van der Waals surface area (Å²) in [6, 6.07) is 3.48. The molecule has 0 radical (unpaired) electrons. The highest BCUT2D eigenvalue weighted by Gasteiger charge is 2.23. The monoisotopic (exact) mass is 213 g/mol. The Kier molecular flexibility index (Phi) is 3.10. The van der Waals surface area contributed by atoms with Crippen LogP contribution in [0.4, 0.5) is 17.1 Å². The van der Waals surface area contributed by atoms with Gasteiger partial charge in [-0.1, -0.05) is 0 Å². The van der Waals surface area contributed by atoms with Gasteiger partial charge in [0.1, 0.15) is 0 Å². The Balaban J connectivity index is 3.34. The Morgan fingerprint density at radius 3 is 1.93 bits per heavy atom. The number of hydrazine groups is 2. The van der Waals surface area contributed by atoms with Crippen molar-refractivity contribution in [3.63, 3.8) is 0 Å². The molecule has 15 heavy (non-hydrogen) atoms. The molecule has 0 aliphatic carbocycles. The Morgan fingerprint density at radius 1 is 1.13 bits per heavy atom. The second-order valence-corrected chi connectivity index (χ2v) is 2.45. The van der Waals surface area contributed by atoms with Gasteiger partial charge in [-0.2, -0.15) is 5.53 Å². The Hall–Kier alpha value is -2.26. The van der Waals surface area contributed by atoms with E-state index in [1.807, 2.05) is 5.53 Å². The normalized spacial score (nSPS) is 9.67. The maximum atomic E-state index is 10.5. The third-order valence-corrected chi connectivity index (χ3v) is 1.61. The highest BCUT2D eigenvalue weighted by Crippen LogP contribution is 2.32. The molecule has 0 spiro atoms. The fraction of sp³-hybridized carbons (Fsp3) is 0. The van der Waals surface area contributed by atoms with Crippen LogP contribution in [0.3, 0.4) is 0 Å². The molecule has 1 aromatic rings. The lowest BCUT2D eigenvalue weighted by Crippen LogP contribution is -2.29. The van der Waals surface area contributed by atoms with Crippen LogP contribution in [0.25, 0.3) is 0 Å². The number of rotatable bonds is 4.